The van der Waals surface area contributed by atoms with Gasteiger partial charge in [0.25, 0.3) is 6.43 Å². The van der Waals surface area contributed by atoms with E-state index in [0.29, 0.717) is 18.1 Å². The Kier molecular flexibility index (Phi) is 11.5. The Hall–Kier alpha value is -2.44. The third-order valence-corrected chi connectivity index (χ3v) is 6.28. The molecule has 1 atom stereocenters. The number of hydrogen-bond donors (Lipinski definition) is 1. The van der Waals surface area contributed by atoms with E-state index in [4.69, 9.17) is 9.73 Å². The molecule has 1 aromatic carbocycles. The molecular weight excluding hydrogens is 436 g/mol. The summed E-state index contributed by atoms with van der Waals surface area (Å²) in [6.07, 6.45) is 4.76. The molecule has 34 heavy (non-hydrogen) atoms. The number of unbranched alkanes of at least 4 members (excludes halogenated alkanes) is 2. The first kappa shape index (κ1) is 27.8. The second-order valence-corrected chi connectivity index (χ2v) is 8.79. The quantitative estimate of drug-likeness (QED) is 0.231. The number of anilines is 1. The number of amides is 1. The highest BCUT2D eigenvalue weighted by Crippen LogP contribution is 2.33. The molecule has 0 spiro atoms. The summed E-state index contributed by atoms with van der Waals surface area (Å²) in [5.74, 6) is 0.523. The van der Waals surface area contributed by atoms with Crippen molar-refractivity contribution in [3.8, 4) is 5.75 Å². The van der Waals surface area contributed by atoms with Gasteiger partial charge in [-0.15, -0.1) is 0 Å². The molecule has 5 nitrogen and oxygen atoms in total. The van der Waals surface area contributed by atoms with Gasteiger partial charge in [0.15, 0.2) is 0 Å². The fourth-order valence-corrected chi connectivity index (χ4v) is 4.05. The van der Waals surface area contributed by atoms with Crippen LogP contribution in [0.4, 0.5) is 14.5 Å². The minimum atomic E-state index is -2.64. The smallest absolute Gasteiger partial charge is 0.259 e. The first-order chi connectivity index (χ1) is 16.4. The summed E-state index contributed by atoms with van der Waals surface area (Å²) in [4.78, 5) is 19.1. The van der Waals surface area contributed by atoms with Crippen molar-refractivity contribution in [1.29, 1.82) is 0 Å². The van der Waals surface area contributed by atoms with Crippen LogP contribution in [0.3, 0.4) is 0 Å². The number of nitrogens with zero attached hydrogens (tertiary/aromatic N) is 2. The van der Waals surface area contributed by atoms with Crippen LogP contribution in [-0.2, 0) is 4.79 Å². The number of aliphatic imine (C=N–C) groups is 1. The van der Waals surface area contributed by atoms with Crippen LogP contribution >= 0.6 is 0 Å². The average molecular weight is 478 g/mol. The van der Waals surface area contributed by atoms with Gasteiger partial charge in [-0.05, 0) is 64.7 Å². The third-order valence-electron chi connectivity index (χ3n) is 6.28. The maximum Gasteiger partial charge on any atom is 0.259 e. The summed E-state index contributed by atoms with van der Waals surface area (Å²) in [6, 6.07) is 4.64. The van der Waals surface area contributed by atoms with Gasteiger partial charge in [0.1, 0.15) is 11.6 Å². The maximum absolute atomic E-state index is 13.9. The van der Waals surface area contributed by atoms with Gasteiger partial charge in [-0.1, -0.05) is 33.1 Å². The summed E-state index contributed by atoms with van der Waals surface area (Å²) >= 11 is 0. The number of carbonyl (C=O) groups is 1. The van der Waals surface area contributed by atoms with Crippen molar-refractivity contribution < 1.29 is 18.3 Å². The molecule has 0 saturated heterocycles. The Morgan fingerprint density at radius 3 is 2.53 bits per heavy atom. The monoisotopic (exact) mass is 477 g/mol. The Balaban J connectivity index is 2.41. The minimum Gasteiger partial charge on any atom is -0.493 e. The lowest BCUT2D eigenvalue weighted by Gasteiger charge is -2.36. The van der Waals surface area contributed by atoms with E-state index in [2.05, 4.69) is 12.2 Å². The van der Waals surface area contributed by atoms with Crippen molar-refractivity contribution in [3.63, 3.8) is 0 Å². The SMILES string of the molecule is C/C=C(\N=C(C)c1ccc(NCC)cc1OCCCCC)N(C(=O)C1CCC1)C(CC)C(F)F. The molecular formula is C27H41F2N3O2. The number of halogens is 2. The van der Waals surface area contributed by atoms with Gasteiger partial charge >= 0.3 is 0 Å². The van der Waals surface area contributed by atoms with Crippen LogP contribution in [-0.4, -0.2) is 42.1 Å². The van der Waals surface area contributed by atoms with E-state index in [1.54, 1.807) is 19.9 Å². The molecule has 7 heteroatoms. The highest BCUT2D eigenvalue weighted by molar-refractivity contribution is 6.02. The molecule has 0 bridgehead atoms. The molecule has 1 N–H and O–H groups in total. The Morgan fingerprint density at radius 1 is 1.26 bits per heavy atom. The standard InChI is InChI=1S/C27H41F2N3O2/c1-6-10-11-17-34-24-18-21(30-9-4)15-16-22(24)19(5)31-25(8-3)32(23(7-2)26(28)29)27(33)20-13-12-14-20/h8,15-16,18,20,23,26,30H,6-7,9-14,17H2,1-5H3/b25-8+,31-19?. The van der Waals surface area contributed by atoms with Gasteiger partial charge in [0.05, 0.1) is 18.4 Å². The lowest BCUT2D eigenvalue weighted by atomic mass is 9.84. The maximum atomic E-state index is 13.9. The van der Waals surface area contributed by atoms with Crippen LogP contribution in [0.5, 0.6) is 5.75 Å². The number of hydrogen-bond acceptors (Lipinski definition) is 4. The van der Waals surface area contributed by atoms with Crippen molar-refractivity contribution in [2.24, 2.45) is 10.9 Å². The molecule has 0 aromatic heterocycles. The van der Waals surface area contributed by atoms with Crippen LogP contribution in [0.2, 0.25) is 0 Å². The number of allylic oxidation sites excluding steroid dienone is 1. The minimum absolute atomic E-state index is 0.158. The fourth-order valence-electron chi connectivity index (χ4n) is 4.05. The molecule has 1 aliphatic carbocycles. The molecule has 2 rings (SSSR count). The van der Waals surface area contributed by atoms with E-state index in [1.807, 2.05) is 32.0 Å². The van der Waals surface area contributed by atoms with Crippen LogP contribution in [0, 0.1) is 5.92 Å². The molecule has 1 fully saturated rings. The second kappa shape index (κ2) is 14.1. The predicted molar refractivity (Wildman–Crippen MR) is 136 cm³/mol. The summed E-state index contributed by atoms with van der Waals surface area (Å²) < 4.78 is 34.0. The van der Waals surface area contributed by atoms with Crippen molar-refractivity contribution in [2.75, 3.05) is 18.5 Å². The zero-order chi connectivity index (χ0) is 25.1. The zero-order valence-corrected chi connectivity index (χ0v) is 21.4. The first-order valence-electron chi connectivity index (χ1n) is 12.7. The van der Waals surface area contributed by atoms with E-state index in [0.717, 1.165) is 56.3 Å². The van der Waals surface area contributed by atoms with Crippen LogP contribution < -0.4 is 10.1 Å². The molecule has 1 aromatic rings. The van der Waals surface area contributed by atoms with Gasteiger partial charge in [0.2, 0.25) is 5.91 Å². The van der Waals surface area contributed by atoms with E-state index >= 15 is 0 Å². The Labute approximate surface area is 203 Å². The van der Waals surface area contributed by atoms with Crippen molar-refractivity contribution in [3.05, 3.63) is 35.7 Å². The van der Waals surface area contributed by atoms with E-state index < -0.39 is 12.5 Å². The number of benzene rings is 1. The third kappa shape index (κ3) is 7.28. The summed E-state index contributed by atoms with van der Waals surface area (Å²) in [5, 5.41) is 3.29. The lowest BCUT2D eigenvalue weighted by Crippen LogP contribution is -2.47. The van der Waals surface area contributed by atoms with Crippen molar-refractivity contribution in [2.45, 2.75) is 92.0 Å². The molecule has 1 saturated carbocycles. The van der Waals surface area contributed by atoms with Crippen molar-refractivity contribution in [1.82, 2.24) is 4.90 Å². The van der Waals surface area contributed by atoms with Gasteiger partial charge < -0.3 is 10.1 Å². The molecule has 1 unspecified atom stereocenters. The highest BCUT2D eigenvalue weighted by atomic mass is 19.3. The van der Waals surface area contributed by atoms with E-state index in [1.165, 1.54) is 4.90 Å². The molecule has 190 valence electrons. The summed E-state index contributed by atoms with van der Waals surface area (Å²) in [5.41, 5.74) is 2.36. The number of ether oxygens (including phenoxy) is 1. The second-order valence-electron chi connectivity index (χ2n) is 8.79. The number of rotatable bonds is 14. The van der Waals surface area contributed by atoms with E-state index in [9.17, 15) is 13.6 Å². The van der Waals surface area contributed by atoms with Crippen LogP contribution in [0.1, 0.15) is 85.1 Å². The molecule has 1 aliphatic rings. The fraction of sp³-hybridized carbons (Fsp3) is 0.630. The van der Waals surface area contributed by atoms with Gasteiger partial charge in [0, 0.05) is 29.8 Å². The highest BCUT2D eigenvalue weighted by Gasteiger charge is 2.38. The number of alkyl halides is 2. The average Bonchev–Trinajstić information content (AvgIpc) is 2.77. The summed E-state index contributed by atoms with van der Waals surface area (Å²) in [7, 11) is 0. The largest absolute Gasteiger partial charge is 0.493 e. The van der Waals surface area contributed by atoms with E-state index in [-0.39, 0.29) is 24.1 Å². The Bertz CT molecular complexity index is 850. The van der Waals surface area contributed by atoms with Crippen LogP contribution in [0.15, 0.2) is 35.1 Å². The first-order valence-corrected chi connectivity index (χ1v) is 12.7. The number of carbonyl (C=O) groups excluding carboxylic acids is 1. The normalized spacial score (nSPS) is 15.8. The molecule has 0 aliphatic heterocycles. The summed E-state index contributed by atoms with van der Waals surface area (Å²) in [6.45, 7) is 10.8. The van der Waals surface area contributed by atoms with Crippen molar-refractivity contribution >= 4 is 17.3 Å². The van der Waals surface area contributed by atoms with Gasteiger partial charge in [-0.25, -0.2) is 13.8 Å². The van der Waals surface area contributed by atoms with Crippen LogP contribution in [0.25, 0.3) is 0 Å². The van der Waals surface area contributed by atoms with Gasteiger partial charge in [-0.2, -0.15) is 0 Å². The zero-order valence-electron chi connectivity index (χ0n) is 21.4. The molecule has 0 heterocycles. The van der Waals surface area contributed by atoms with Gasteiger partial charge in [-0.3, -0.25) is 9.69 Å². The Morgan fingerprint density at radius 2 is 2.00 bits per heavy atom. The topological polar surface area (TPSA) is 53.9 Å². The molecule has 1 amide bonds. The lowest BCUT2D eigenvalue weighted by molar-refractivity contribution is -0.141. The molecule has 0 radical (unpaired) electrons. The predicted octanol–water partition coefficient (Wildman–Crippen LogP) is 7.03. The number of nitrogens with one attached hydrogen (secondary N) is 1.